The molecule has 1 unspecified atom stereocenters. The zero-order valence-corrected chi connectivity index (χ0v) is 11.3. The zero-order valence-electron chi connectivity index (χ0n) is 10.5. The Morgan fingerprint density at radius 1 is 1.44 bits per heavy atom. The smallest absolute Gasteiger partial charge is 0.337 e. The van der Waals surface area contributed by atoms with Gasteiger partial charge in [-0.15, -0.1) is 4.48 Å². The van der Waals surface area contributed by atoms with E-state index in [1.54, 1.807) is 12.1 Å². The lowest BCUT2D eigenvalue weighted by atomic mass is 10.1. The van der Waals surface area contributed by atoms with E-state index in [-0.39, 0.29) is 5.96 Å². The van der Waals surface area contributed by atoms with Crippen LogP contribution in [0.4, 0.5) is 10.5 Å². The van der Waals surface area contributed by atoms with Crippen molar-refractivity contribution in [1.82, 2.24) is 4.48 Å². The van der Waals surface area contributed by atoms with Gasteiger partial charge in [0.1, 0.15) is 5.02 Å². The largest absolute Gasteiger partial charge is 0.426 e. The van der Waals surface area contributed by atoms with Crippen molar-refractivity contribution in [3.8, 4) is 0 Å². The lowest BCUT2D eigenvalue weighted by Gasteiger charge is -2.32. The highest BCUT2D eigenvalue weighted by Crippen LogP contribution is 2.35. The van der Waals surface area contributed by atoms with Crippen LogP contribution in [0.15, 0.2) is 18.2 Å². The third-order valence-corrected chi connectivity index (χ3v) is 3.22. The molecular formula is C12H18ClN4O+. The van der Waals surface area contributed by atoms with Crippen molar-refractivity contribution in [2.24, 2.45) is 11.5 Å². The van der Waals surface area contributed by atoms with E-state index in [0.717, 1.165) is 5.56 Å². The normalized spacial score (nSPS) is 13.9. The van der Waals surface area contributed by atoms with Gasteiger partial charge < -0.3 is 11.5 Å². The van der Waals surface area contributed by atoms with Gasteiger partial charge in [-0.1, -0.05) is 30.7 Å². The van der Waals surface area contributed by atoms with Gasteiger partial charge in [0, 0.05) is 5.56 Å². The molecule has 6 heteroatoms. The van der Waals surface area contributed by atoms with Gasteiger partial charge in [-0.25, -0.2) is 10.2 Å². The summed E-state index contributed by atoms with van der Waals surface area (Å²) < 4.78 is -0.526. The summed E-state index contributed by atoms with van der Waals surface area (Å²) in [7, 11) is 0. The van der Waals surface area contributed by atoms with Crippen LogP contribution in [0.2, 0.25) is 5.02 Å². The highest BCUT2D eigenvalue weighted by molar-refractivity contribution is 6.34. The number of nitrogens with one attached hydrogen (secondary N) is 1. The quantitative estimate of drug-likeness (QED) is 0.446. The van der Waals surface area contributed by atoms with Crippen molar-refractivity contribution in [2.45, 2.75) is 20.3 Å². The van der Waals surface area contributed by atoms with Crippen LogP contribution in [0.5, 0.6) is 0 Å². The molecule has 0 aliphatic rings. The predicted octanol–water partition coefficient (Wildman–Crippen LogP) is 2.34. The molecule has 0 fully saturated rings. The SMILES string of the molecule is CCC[N+](C(=N)N)(C(N)=O)c1c(C)cccc1Cl. The molecule has 0 saturated heterocycles. The molecule has 0 aromatic heterocycles. The average molecular weight is 270 g/mol. The van der Waals surface area contributed by atoms with Crippen LogP contribution in [0.25, 0.3) is 0 Å². The van der Waals surface area contributed by atoms with E-state index >= 15 is 0 Å². The van der Waals surface area contributed by atoms with Crippen LogP contribution in [-0.4, -0.2) is 18.5 Å². The summed E-state index contributed by atoms with van der Waals surface area (Å²) in [5.41, 5.74) is 12.4. The van der Waals surface area contributed by atoms with Crippen molar-refractivity contribution in [3.63, 3.8) is 0 Å². The van der Waals surface area contributed by atoms with Crippen LogP contribution < -0.4 is 16.0 Å². The van der Waals surface area contributed by atoms with Gasteiger partial charge in [0.15, 0.2) is 5.69 Å². The number of hydrogen-bond donors (Lipinski definition) is 3. The summed E-state index contributed by atoms with van der Waals surface area (Å²) in [4.78, 5) is 11.9. The molecule has 0 aliphatic heterocycles. The predicted molar refractivity (Wildman–Crippen MR) is 74.6 cm³/mol. The Morgan fingerprint density at radius 2 is 2.06 bits per heavy atom. The second-order valence-electron chi connectivity index (χ2n) is 4.16. The lowest BCUT2D eigenvalue weighted by molar-refractivity contribution is 0.229. The summed E-state index contributed by atoms with van der Waals surface area (Å²) >= 11 is 6.16. The number of nitrogens with two attached hydrogens (primary N) is 2. The fourth-order valence-corrected chi connectivity index (χ4v) is 2.50. The fraction of sp³-hybridized carbons (Fsp3) is 0.333. The Hall–Kier alpha value is -1.59. The second kappa shape index (κ2) is 5.37. The maximum absolute atomic E-state index is 11.9. The summed E-state index contributed by atoms with van der Waals surface area (Å²) in [6.45, 7) is 4.02. The van der Waals surface area contributed by atoms with E-state index in [1.807, 2.05) is 19.9 Å². The maximum atomic E-state index is 11.9. The first-order chi connectivity index (χ1) is 8.37. The number of benzene rings is 1. The molecule has 0 spiro atoms. The number of hydrogen-bond acceptors (Lipinski definition) is 2. The molecule has 1 rings (SSSR count). The lowest BCUT2D eigenvalue weighted by Crippen LogP contribution is -2.64. The van der Waals surface area contributed by atoms with Crippen molar-refractivity contribution in [1.29, 1.82) is 5.41 Å². The maximum Gasteiger partial charge on any atom is 0.426 e. The van der Waals surface area contributed by atoms with Crippen LogP contribution in [-0.2, 0) is 0 Å². The molecule has 1 atom stereocenters. The number of primary amides is 1. The van der Waals surface area contributed by atoms with E-state index in [9.17, 15) is 4.79 Å². The van der Waals surface area contributed by atoms with Crippen molar-refractivity contribution in [3.05, 3.63) is 28.8 Å². The van der Waals surface area contributed by atoms with E-state index in [2.05, 4.69) is 0 Å². The Labute approximate surface area is 111 Å². The van der Waals surface area contributed by atoms with Gasteiger partial charge in [0.2, 0.25) is 0 Å². The van der Waals surface area contributed by atoms with E-state index in [1.165, 1.54) is 0 Å². The third kappa shape index (κ3) is 2.19. The highest BCUT2D eigenvalue weighted by Gasteiger charge is 2.43. The van der Waals surface area contributed by atoms with Gasteiger partial charge >= 0.3 is 12.0 Å². The number of para-hydroxylation sites is 1. The Bertz CT molecular complexity index is 453. The molecule has 0 radical (unpaired) electrons. The van der Waals surface area contributed by atoms with Crippen molar-refractivity contribution in [2.75, 3.05) is 6.54 Å². The van der Waals surface area contributed by atoms with E-state index in [4.69, 9.17) is 28.5 Å². The fourth-order valence-electron chi connectivity index (χ4n) is 2.13. The van der Waals surface area contributed by atoms with Crippen molar-refractivity contribution < 1.29 is 4.79 Å². The summed E-state index contributed by atoms with van der Waals surface area (Å²) in [6, 6.07) is 4.57. The molecule has 5 N–H and O–H groups in total. The molecule has 5 nitrogen and oxygen atoms in total. The summed E-state index contributed by atoms with van der Waals surface area (Å²) in [6.07, 6.45) is 0.646. The molecule has 1 aromatic carbocycles. The third-order valence-electron chi connectivity index (χ3n) is 2.92. The molecule has 0 bridgehead atoms. The first-order valence-electron chi connectivity index (χ1n) is 5.66. The number of carbonyl (C=O) groups is 1. The minimum Gasteiger partial charge on any atom is -0.337 e. The van der Waals surface area contributed by atoms with Gasteiger partial charge in [-0.2, -0.15) is 0 Å². The van der Waals surface area contributed by atoms with Crippen LogP contribution in [0.3, 0.4) is 0 Å². The monoisotopic (exact) mass is 269 g/mol. The summed E-state index contributed by atoms with van der Waals surface area (Å²) in [5, 5.41) is 8.14. The number of quaternary nitrogens is 1. The number of urea groups is 1. The number of halogens is 1. The Morgan fingerprint density at radius 3 is 2.44 bits per heavy atom. The van der Waals surface area contributed by atoms with Crippen LogP contribution >= 0.6 is 11.6 Å². The first kappa shape index (κ1) is 14.5. The number of rotatable bonds is 3. The van der Waals surface area contributed by atoms with Gasteiger partial charge in [-0.05, 0) is 19.4 Å². The molecule has 1 aromatic rings. The van der Waals surface area contributed by atoms with E-state index < -0.39 is 10.5 Å². The molecule has 2 amide bonds. The van der Waals surface area contributed by atoms with E-state index in [0.29, 0.717) is 23.7 Å². The number of guanidine groups is 1. The Kier molecular flexibility index (Phi) is 4.32. The molecule has 0 aliphatic carbocycles. The summed E-state index contributed by atoms with van der Waals surface area (Å²) in [5.74, 6) is -0.319. The number of aryl methyl sites for hydroxylation is 1. The number of amides is 2. The highest BCUT2D eigenvalue weighted by atomic mass is 35.5. The molecular weight excluding hydrogens is 252 g/mol. The minimum absolute atomic E-state index is 0.315. The first-order valence-corrected chi connectivity index (χ1v) is 6.04. The van der Waals surface area contributed by atoms with Crippen LogP contribution in [0, 0.1) is 12.3 Å². The van der Waals surface area contributed by atoms with Gasteiger partial charge in [0.25, 0.3) is 0 Å². The average Bonchev–Trinajstić information content (AvgIpc) is 2.26. The molecule has 18 heavy (non-hydrogen) atoms. The standard InChI is InChI=1S/C12H17ClN4O/c1-3-7-17(11(14)15,12(16)18)10-8(2)5-4-6-9(10)13/h4-6H,3,7H2,1-2H3,(H4-,14,15,16,18)/p+1. The molecule has 0 saturated carbocycles. The van der Waals surface area contributed by atoms with Crippen LogP contribution in [0.1, 0.15) is 18.9 Å². The van der Waals surface area contributed by atoms with Gasteiger partial charge in [-0.3, -0.25) is 0 Å². The van der Waals surface area contributed by atoms with Crippen molar-refractivity contribution >= 4 is 29.3 Å². The molecule has 0 heterocycles. The van der Waals surface area contributed by atoms with Gasteiger partial charge in [0.05, 0.1) is 6.54 Å². The topological polar surface area (TPSA) is 93.0 Å². The molecule has 98 valence electrons. The number of carbonyl (C=O) groups excluding carboxylic acids is 1. The second-order valence-corrected chi connectivity index (χ2v) is 4.57. The number of nitrogens with zero attached hydrogens (tertiary/aromatic N) is 1. The zero-order chi connectivity index (χ0) is 13.9. The minimum atomic E-state index is -0.694. The Balaban J connectivity index is 3.62.